The largest absolute Gasteiger partial charge is 0.481 e. The number of carboxylic acid groups (broad SMARTS) is 3. The van der Waals surface area contributed by atoms with Crippen LogP contribution in [0.1, 0.15) is 105 Å². The Hall–Kier alpha value is -8.19. The molecule has 0 aromatic carbocycles. The lowest BCUT2D eigenvalue weighted by atomic mass is 10.00. The number of amides is 11. The molecule has 0 aromatic rings. The zero-order chi connectivity index (χ0) is 59.8. The number of likely N-dealkylation sites (tertiary alicyclic amines) is 2. The van der Waals surface area contributed by atoms with Crippen LogP contribution in [0.2, 0.25) is 0 Å². The second-order valence-electron chi connectivity index (χ2n) is 19.9. The first-order valence-corrected chi connectivity index (χ1v) is 25.6. The number of rotatable bonds is 33. The number of nitrogens with two attached hydrogens (primary N) is 4. The Balaban J connectivity index is 2.19. The minimum atomic E-state index is -1.89. The van der Waals surface area contributed by atoms with Gasteiger partial charge in [0, 0.05) is 19.6 Å². The minimum Gasteiger partial charge on any atom is -0.481 e. The maximum absolute atomic E-state index is 13.9. The van der Waals surface area contributed by atoms with Crippen molar-refractivity contribution >= 4 is 88.8 Å². The number of aliphatic imine (C=N–C) groups is 1. The molecule has 32 nitrogen and oxygen atoms in total. The van der Waals surface area contributed by atoms with Gasteiger partial charge in [0.2, 0.25) is 65.0 Å². The van der Waals surface area contributed by atoms with E-state index in [1.807, 2.05) is 13.8 Å². The van der Waals surface area contributed by atoms with Crippen LogP contribution in [0.5, 0.6) is 0 Å². The molecule has 2 saturated heterocycles. The van der Waals surface area contributed by atoms with E-state index >= 15 is 0 Å². The summed E-state index contributed by atoms with van der Waals surface area (Å²) in [6.07, 6.45) is -2.10. The van der Waals surface area contributed by atoms with E-state index in [2.05, 4.69) is 47.5 Å². The molecule has 2 fully saturated rings. The van der Waals surface area contributed by atoms with Gasteiger partial charge in [-0.3, -0.25) is 67.3 Å². The number of carboxylic acids is 3. The number of hydrogen-bond acceptors (Lipinski definition) is 16. The average Bonchev–Trinajstić information content (AvgIpc) is 4.06. The zero-order valence-electron chi connectivity index (χ0n) is 44.9. The van der Waals surface area contributed by atoms with Gasteiger partial charge in [0.25, 0.3) is 0 Å². The Kier molecular flexibility index (Phi) is 27.6. The van der Waals surface area contributed by atoms with E-state index in [1.54, 1.807) is 13.8 Å². The lowest BCUT2D eigenvalue weighted by molar-refractivity contribution is -0.147. The predicted octanol–water partition coefficient (Wildman–Crippen LogP) is -6.49. The number of nitrogens with zero attached hydrogens (tertiary/aromatic N) is 3. The fourth-order valence-corrected chi connectivity index (χ4v) is 8.64. The molecular weight excluding hydrogens is 1050 g/mol. The van der Waals surface area contributed by atoms with E-state index in [0.717, 1.165) is 9.80 Å². The standard InChI is InChI=1S/C47H77N15O17/c1-22(2)15-26(58-40(72)27(16-23(3)4)55-34(64)20-48)38(70)53-21-35(65)56-29(18-36(66)67)39(71)54-24(5)44(76)61-13-7-10-31(61)43(75)59-28(17-33(49)63)41(73)60-30(19-37(68)69)45(77)62-14-8-11-32(62)42(74)57-25(46(78)79)9-6-12-52-47(50)51/h22-32H,6-21,48H2,1-5H3,(H2,49,63)(H,53,70)(H,54,71)(H,55,64)(H,56,65)(H,57,74)(H,58,72)(H,59,75)(H,60,73)(H,66,67)(H,68,69)(H,78,79)(H4,50,51,52)/t24-,25-,26-,27-,28-,29-,30-,31-,32-/m0/s1. The molecule has 442 valence electrons. The van der Waals surface area contributed by atoms with Crippen molar-refractivity contribution in [3.8, 4) is 0 Å². The summed E-state index contributed by atoms with van der Waals surface area (Å²) in [7, 11) is 0. The average molecular weight is 1120 g/mol. The second-order valence-corrected chi connectivity index (χ2v) is 19.9. The Morgan fingerprint density at radius 2 is 1.00 bits per heavy atom. The summed E-state index contributed by atoms with van der Waals surface area (Å²) in [5.41, 5.74) is 21.4. The summed E-state index contributed by atoms with van der Waals surface area (Å²) in [4.78, 5) is 187. The van der Waals surface area contributed by atoms with Crippen molar-refractivity contribution < 1.29 is 82.4 Å². The summed E-state index contributed by atoms with van der Waals surface area (Å²) in [5.74, 6) is -15.5. The first-order chi connectivity index (χ1) is 36.9. The number of carbonyl (C=O) groups is 14. The lowest BCUT2D eigenvalue weighted by Gasteiger charge is -2.30. The third-order valence-corrected chi connectivity index (χ3v) is 12.3. The van der Waals surface area contributed by atoms with Gasteiger partial charge in [-0.05, 0) is 70.1 Å². The fraction of sp³-hybridized carbons (Fsp3) is 0.681. The molecule has 11 amide bonds. The minimum absolute atomic E-state index is 0.0187. The van der Waals surface area contributed by atoms with Crippen molar-refractivity contribution in [2.75, 3.05) is 32.7 Å². The highest BCUT2D eigenvalue weighted by Gasteiger charge is 2.42. The third kappa shape index (κ3) is 23.1. The molecule has 9 atom stereocenters. The first-order valence-electron chi connectivity index (χ1n) is 25.6. The van der Waals surface area contributed by atoms with Gasteiger partial charge in [-0.1, -0.05) is 27.7 Å². The molecule has 19 N–H and O–H groups in total. The van der Waals surface area contributed by atoms with Crippen LogP contribution < -0.4 is 65.5 Å². The second kappa shape index (κ2) is 32.5. The van der Waals surface area contributed by atoms with Crippen LogP contribution in [0.3, 0.4) is 0 Å². The SMILES string of the molecule is CC(C)C[C@H](NC(=O)CN)C(=O)N[C@@H](CC(C)C)C(=O)NCC(=O)N[C@@H](CC(=O)O)C(=O)N[C@@H](C)C(=O)N1CCC[C@H]1C(=O)N[C@@H](CC(N)=O)C(=O)N[C@@H](CC(=O)O)C(=O)N1CCC[C@H]1C(=O)N[C@@H](CCCN=C(N)N)C(=O)O. The molecule has 0 radical (unpaired) electrons. The predicted molar refractivity (Wildman–Crippen MR) is 275 cm³/mol. The number of guanidine groups is 1. The molecule has 0 unspecified atom stereocenters. The van der Waals surface area contributed by atoms with Gasteiger partial charge in [-0.15, -0.1) is 0 Å². The van der Waals surface area contributed by atoms with Crippen LogP contribution in [-0.2, 0) is 67.1 Å². The first kappa shape index (κ1) is 66.9. The number of hydrogen-bond donors (Lipinski definition) is 15. The molecule has 2 heterocycles. The van der Waals surface area contributed by atoms with Gasteiger partial charge < -0.3 is 90.6 Å². The van der Waals surface area contributed by atoms with Crippen LogP contribution in [0.15, 0.2) is 4.99 Å². The Morgan fingerprint density at radius 1 is 0.544 bits per heavy atom. The molecular formula is C47H77N15O17. The summed E-state index contributed by atoms with van der Waals surface area (Å²) in [5, 5.41) is 47.8. The van der Waals surface area contributed by atoms with Gasteiger partial charge in [0.05, 0.1) is 32.4 Å². The highest BCUT2D eigenvalue weighted by molar-refractivity contribution is 6.00. The lowest BCUT2D eigenvalue weighted by Crippen LogP contribution is -2.60. The van der Waals surface area contributed by atoms with E-state index in [1.165, 1.54) is 6.92 Å². The highest BCUT2D eigenvalue weighted by atomic mass is 16.4. The van der Waals surface area contributed by atoms with Crippen molar-refractivity contribution in [3.63, 3.8) is 0 Å². The van der Waals surface area contributed by atoms with Gasteiger partial charge >= 0.3 is 17.9 Å². The van der Waals surface area contributed by atoms with E-state index in [0.29, 0.717) is 0 Å². The van der Waals surface area contributed by atoms with Gasteiger partial charge in [0.15, 0.2) is 5.96 Å². The smallest absolute Gasteiger partial charge is 0.326 e. The van der Waals surface area contributed by atoms with E-state index < -0.39 is 163 Å². The molecule has 0 bridgehead atoms. The Bertz CT molecular complexity index is 2290. The molecule has 2 rings (SSSR count). The normalized spacial score (nSPS) is 17.5. The van der Waals surface area contributed by atoms with E-state index in [4.69, 9.17) is 22.9 Å². The van der Waals surface area contributed by atoms with Gasteiger partial charge in [-0.2, -0.15) is 0 Å². The molecule has 32 heteroatoms. The van der Waals surface area contributed by atoms with Crippen LogP contribution in [0, 0.1) is 11.8 Å². The summed E-state index contributed by atoms with van der Waals surface area (Å²) in [6, 6.07) is -13.3. The van der Waals surface area contributed by atoms with Gasteiger partial charge in [0.1, 0.15) is 54.4 Å². The highest BCUT2D eigenvalue weighted by Crippen LogP contribution is 2.22. The maximum atomic E-state index is 13.9. The maximum Gasteiger partial charge on any atom is 0.326 e. The van der Waals surface area contributed by atoms with Crippen LogP contribution >= 0.6 is 0 Å². The monoisotopic (exact) mass is 1120 g/mol. The number of nitrogens with one attached hydrogen (secondary N) is 8. The Labute approximate surface area is 454 Å². The molecule has 0 saturated carbocycles. The van der Waals surface area contributed by atoms with Crippen LogP contribution in [0.4, 0.5) is 0 Å². The fourth-order valence-electron chi connectivity index (χ4n) is 8.64. The van der Waals surface area contributed by atoms with Crippen molar-refractivity contribution in [2.45, 2.75) is 160 Å². The number of carbonyl (C=O) groups excluding carboxylic acids is 11. The molecule has 2 aliphatic heterocycles. The number of aliphatic carboxylic acids is 3. The summed E-state index contributed by atoms with van der Waals surface area (Å²) >= 11 is 0. The Morgan fingerprint density at radius 3 is 1.49 bits per heavy atom. The zero-order valence-corrected chi connectivity index (χ0v) is 44.9. The third-order valence-electron chi connectivity index (χ3n) is 12.3. The molecule has 0 spiro atoms. The molecule has 0 aromatic heterocycles. The van der Waals surface area contributed by atoms with Gasteiger partial charge in [-0.25, -0.2) is 4.79 Å². The summed E-state index contributed by atoms with van der Waals surface area (Å²) in [6.45, 7) is 7.05. The number of primary amides is 1. The van der Waals surface area contributed by atoms with Crippen LogP contribution in [0.25, 0.3) is 0 Å². The van der Waals surface area contributed by atoms with E-state index in [-0.39, 0.29) is 95.3 Å². The van der Waals surface area contributed by atoms with Crippen LogP contribution in [-0.4, -0.2) is 201 Å². The summed E-state index contributed by atoms with van der Waals surface area (Å²) < 4.78 is 0. The van der Waals surface area contributed by atoms with Crippen molar-refractivity contribution in [1.82, 2.24) is 52.3 Å². The van der Waals surface area contributed by atoms with Crippen molar-refractivity contribution in [1.29, 1.82) is 0 Å². The molecule has 2 aliphatic rings. The van der Waals surface area contributed by atoms with Crippen molar-refractivity contribution in [2.24, 2.45) is 39.8 Å². The molecule has 79 heavy (non-hydrogen) atoms. The quantitative estimate of drug-likeness (QED) is 0.0165. The van der Waals surface area contributed by atoms with E-state index in [9.17, 15) is 82.4 Å². The van der Waals surface area contributed by atoms with Crippen molar-refractivity contribution in [3.05, 3.63) is 0 Å². The molecule has 0 aliphatic carbocycles. The topological polar surface area (TPSA) is 519 Å².